The van der Waals surface area contributed by atoms with Crippen LogP contribution in [0.2, 0.25) is 0 Å². The number of carbonyl (C=O) groups excluding carboxylic acids is 2. The van der Waals surface area contributed by atoms with Gasteiger partial charge in [-0.15, -0.1) is 0 Å². The van der Waals surface area contributed by atoms with Gasteiger partial charge in [-0.2, -0.15) is 0 Å². The SMILES string of the molecule is COC(=O)CCN(C(=O)c1ccc(C)c(C)c1)C(C)c1ccccc1. The number of amides is 1. The lowest BCUT2D eigenvalue weighted by Gasteiger charge is -2.29. The maximum absolute atomic E-state index is 13.1. The molecule has 4 heteroatoms. The van der Waals surface area contributed by atoms with Gasteiger partial charge in [-0.1, -0.05) is 36.4 Å². The maximum Gasteiger partial charge on any atom is 0.307 e. The van der Waals surface area contributed by atoms with Crippen molar-refractivity contribution in [1.82, 2.24) is 4.90 Å². The summed E-state index contributed by atoms with van der Waals surface area (Å²) in [4.78, 5) is 26.4. The van der Waals surface area contributed by atoms with Crippen LogP contribution in [0.1, 0.15) is 46.4 Å². The highest BCUT2D eigenvalue weighted by Crippen LogP contribution is 2.23. The van der Waals surface area contributed by atoms with E-state index in [9.17, 15) is 9.59 Å². The van der Waals surface area contributed by atoms with Crippen molar-refractivity contribution in [2.24, 2.45) is 0 Å². The molecule has 2 rings (SSSR count). The molecule has 1 atom stereocenters. The minimum atomic E-state index is -0.321. The van der Waals surface area contributed by atoms with Crippen LogP contribution in [0.5, 0.6) is 0 Å². The fourth-order valence-corrected chi connectivity index (χ4v) is 2.74. The Hall–Kier alpha value is -2.62. The van der Waals surface area contributed by atoms with Crippen LogP contribution in [0.3, 0.4) is 0 Å². The molecule has 2 aromatic rings. The molecule has 0 heterocycles. The summed E-state index contributed by atoms with van der Waals surface area (Å²) in [7, 11) is 1.36. The number of aryl methyl sites for hydroxylation is 2. The van der Waals surface area contributed by atoms with Crippen molar-refractivity contribution in [3.63, 3.8) is 0 Å². The quantitative estimate of drug-likeness (QED) is 0.745. The molecule has 0 saturated carbocycles. The third-order valence-corrected chi connectivity index (χ3v) is 4.55. The Kier molecular flexibility index (Phi) is 6.34. The zero-order valence-electron chi connectivity index (χ0n) is 15.3. The van der Waals surface area contributed by atoms with Crippen molar-refractivity contribution in [2.45, 2.75) is 33.2 Å². The van der Waals surface area contributed by atoms with E-state index in [1.165, 1.54) is 7.11 Å². The first-order valence-corrected chi connectivity index (χ1v) is 8.44. The lowest BCUT2D eigenvalue weighted by atomic mass is 10.0. The number of methoxy groups -OCH3 is 1. The highest BCUT2D eigenvalue weighted by molar-refractivity contribution is 5.95. The van der Waals surface area contributed by atoms with E-state index in [0.29, 0.717) is 12.1 Å². The van der Waals surface area contributed by atoms with Crippen LogP contribution in [0.15, 0.2) is 48.5 Å². The van der Waals surface area contributed by atoms with E-state index in [2.05, 4.69) is 0 Å². The van der Waals surface area contributed by atoms with Crippen LogP contribution in [0, 0.1) is 13.8 Å². The standard InChI is InChI=1S/C21H25NO3/c1-15-10-11-19(14-16(15)2)21(24)22(13-12-20(23)25-4)17(3)18-8-6-5-7-9-18/h5-11,14,17H,12-13H2,1-4H3. The fraction of sp³-hybridized carbons (Fsp3) is 0.333. The van der Waals surface area contributed by atoms with Gasteiger partial charge in [0, 0.05) is 12.1 Å². The molecule has 25 heavy (non-hydrogen) atoms. The normalized spacial score (nSPS) is 11.7. The number of esters is 1. The number of nitrogens with zero attached hydrogens (tertiary/aromatic N) is 1. The van der Waals surface area contributed by atoms with Gasteiger partial charge in [0.05, 0.1) is 19.6 Å². The number of hydrogen-bond acceptors (Lipinski definition) is 3. The largest absolute Gasteiger partial charge is 0.469 e. The third kappa shape index (κ3) is 4.69. The van der Waals surface area contributed by atoms with Crippen molar-refractivity contribution in [3.05, 3.63) is 70.8 Å². The van der Waals surface area contributed by atoms with Gasteiger partial charge in [-0.25, -0.2) is 0 Å². The number of carbonyl (C=O) groups is 2. The molecule has 1 amide bonds. The second-order valence-corrected chi connectivity index (χ2v) is 6.21. The molecule has 4 nitrogen and oxygen atoms in total. The minimum absolute atomic E-state index is 0.0802. The van der Waals surface area contributed by atoms with E-state index in [1.807, 2.05) is 69.3 Å². The van der Waals surface area contributed by atoms with Crippen molar-refractivity contribution in [1.29, 1.82) is 0 Å². The summed E-state index contributed by atoms with van der Waals surface area (Å²) in [5.74, 6) is -0.401. The molecule has 0 N–H and O–H groups in total. The molecule has 0 saturated heterocycles. The molecule has 0 aliphatic carbocycles. The van der Waals surface area contributed by atoms with Crippen molar-refractivity contribution in [2.75, 3.05) is 13.7 Å². The zero-order valence-corrected chi connectivity index (χ0v) is 15.3. The average molecular weight is 339 g/mol. The Morgan fingerprint density at radius 3 is 2.32 bits per heavy atom. The van der Waals surface area contributed by atoms with Crippen LogP contribution < -0.4 is 0 Å². The number of ether oxygens (including phenoxy) is 1. The Labute approximate surface area is 149 Å². The molecule has 0 radical (unpaired) electrons. The number of benzene rings is 2. The average Bonchev–Trinajstić information content (AvgIpc) is 2.64. The highest BCUT2D eigenvalue weighted by Gasteiger charge is 2.23. The summed E-state index contributed by atoms with van der Waals surface area (Å²) < 4.78 is 4.73. The Morgan fingerprint density at radius 2 is 1.72 bits per heavy atom. The molecule has 132 valence electrons. The minimum Gasteiger partial charge on any atom is -0.469 e. The van der Waals surface area contributed by atoms with E-state index >= 15 is 0 Å². The molecular weight excluding hydrogens is 314 g/mol. The summed E-state index contributed by atoms with van der Waals surface area (Å²) in [6, 6.07) is 15.4. The van der Waals surface area contributed by atoms with Gasteiger partial charge >= 0.3 is 5.97 Å². The van der Waals surface area contributed by atoms with Gasteiger partial charge in [0.15, 0.2) is 0 Å². The second-order valence-electron chi connectivity index (χ2n) is 6.21. The van der Waals surface area contributed by atoms with Crippen molar-refractivity contribution < 1.29 is 14.3 Å². The van der Waals surface area contributed by atoms with E-state index in [1.54, 1.807) is 4.90 Å². The van der Waals surface area contributed by atoms with Gasteiger partial charge in [0.25, 0.3) is 5.91 Å². The smallest absolute Gasteiger partial charge is 0.307 e. The molecule has 0 fully saturated rings. The Balaban J connectivity index is 2.30. The summed E-state index contributed by atoms with van der Waals surface area (Å²) in [5.41, 5.74) is 3.89. The van der Waals surface area contributed by atoms with E-state index in [0.717, 1.165) is 16.7 Å². The topological polar surface area (TPSA) is 46.6 Å². The monoisotopic (exact) mass is 339 g/mol. The molecule has 0 aliphatic rings. The van der Waals surface area contributed by atoms with Gasteiger partial charge in [-0.3, -0.25) is 9.59 Å². The lowest BCUT2D eigenvalue weighted by Crippen LogP contribution is -2.35. The summed E-state index contributed by atoms with van der Waals surface area (Å²) >= 11 is 0. The third-order valence-electron chi connectivity index (χ3n) is 4.55. The number of rotatable bonds is 6. The number of hydrogen-bond donors (Lipinski definition) is 0. The van der Waals surface area contributed by atoms with Gasteiger partial charge in [-0.05, 0) is 49.6 Å². The molecule has 1 unspecified atom stereocenters. The van der Waals surface area contributed by atoms with Crippen molar-refractivity contribution >= 4 is 11.9 Å². The van der Waals surface area contributed by atoms with E-state index in [4.69, 9.17) is 4.74 Å². The van der Waals surface area contributed by atoms with Crippen LogP contribution in [0.25, 0.3) is 0 Å². The highest BCUT2D eigenvalue weighted by atomic mass is 16.5. The fourth-order valence-electron chi connectivity index (χ4n) is 2.74. The summed E-state index contributed by atoms with van der Waals surface area (Å²) in [6.07, 6.45) is 0.171. The first kappa shape index (κ1) is 18.7. The van der Waals surface area contributed by atoms with Crippen molar-refractivity contribution in [3.8, 4) is 0 Å². The van der Waals surface area contributed by atoms with Crippen LogP contribution in [-0.4, -0.2) is 30.4 Å². The Morgan fingerprint density at radius 1 is 1.04 bits per heavy atom. The predicted molar refractivity (Wildman–Crippen MR) is 98.4 cm³/mol. The molecule has 2 aromatic carbocycles. The first-order chi connectivity index (χ1) is 11.9. The summed E-state index contributed by atoms with van der Waals surface area (Å²) in [5, 5.41) is 0. The van der Waals surface area contributed by atoms with E-state index < -0.39 is 0 Å². The lowest BCUT2D eigenvalue weighted by molar-refractivity contribution is -0.140. The predicted octanol–water partition coefficient (Wildman–Crippen LogP) is 4.07. The molecule has 0 spiro atoms. The molecule has 0 aromatic heterocycles. The molecular formula is C21H25NO3. The summed E-state index contributed by atoms with van der Waals surface area (Å²) in [6.45, 7) is 6.30. The Bertz CT molecular complexity index is 740. The van der Waals surface area contributed by atoms with E-state index in [-0.39, 0.29) is 24.3 Å². The van der Waals surface area contributed by atoms with Crippen LogP contribution in [0.4, 0.5) is 0 Å². The first-order valence-electron chi connectivity index (χ1n) is 8.44. The van der Waals surface area contributed by atoms with Gasteiger partial charge < -0.3 is 9.64 Å². The van der Waals surface area contributed by atoms with Crippen LogP contribution >= 0.6 is 0 Å². The van der Waals surface area contributed by atoms with Gasteiger partial charge in [0.2, 0.25) is 0 Å². The molecule has 0 aliphatic heterocycles. The molecule has 0 bridgehead atoms. The zero-order chi connectivity index (χ0) is 18.4. The second kappa shape index (κ2) is 8.47. The van der Waals surface area contributed by atoms with Gasteiger partial charge in [0.1, 0.15) is 0 Å². The maximum atomic E-state index is 13.1. The van der Waals surface area contributed by atoms with Crippen LogP contribution in [-0.2, 0) is 9.53 Å².